The molecule has 2 unspecified atom stereocenters. The predicted octanol–water partition coefficient (Wildman–Crippen LogP) is 0.477. The predicted molar refractivity (Wildman–Crippen MR) is 63.3 cm³/mol. The summed E-state index contributed by atoms with van der Waals surface area (Å²) in [6.07, 6.45) is 1.28. The Morgan fingerprint density at radius 1 is 1.38 bits per heavy atom. The van der Waals surface area contributed by atoms with Gasteiger partial charge < -0.3 is 14.9 Å². The van der Waals surface area contributed by atoms with E-state index in [1.807, 2.05) is 6.92 Å². The summed E-state index contributed by atoms with van der Waals surface area (Å²) in [5.41, 5.74) is -0.412. The second-order valence-corrected chi connectivity index (χ2v) is 5.26. The monoisotopic (exact) mass is 231 g/mol. The van der Waals surface area contributed by atoms with Crippen molar-refractivity contribution in [2.75, 3.05) is 32.9 Å². The second kappa shape index (κ2) is 5.96. The molecular weight excluding hydrogens is 206 g/mol. The Hall–Kier alpha value is -0.160. The average Bonchev–Trinajstić information content (AvgIpc) is 2.29. The fourth-order valence-electron chi connectivity index (χ4n) is 2.12. The minimum Gasteiger partial charge on any atom is -0.396 e. The molecule has 1 fully saturated rings. The molecule has 0 aromatic rings. The molecule has 0 amide bonds. The number of hydrogen-bond donors (Lipinski definition) is 2. The summed E-state index contributed by atoms with van der Waals surface area (Å²) in [6, 6.07) is 0.411. The highest BCUT2D eigenvalue weighted by Gasteiger charge is 2.32. The van der Waals surface area contributed by atoms with Gasteiger partial charge in [-0.05, 0) is 13.3 Å². The molecule has 0 aromatic heterocycles. The third-order valence-electron chi connectivity index (χ3n) is 3.40. The number of hydrogen-bond acceptors (Lipinski definition) is 4. The van der Waals surface area contributed by atoms with Crippen LogP contribution in [0.5, 0.6) is 0 Å². The minimum absolute atomic E-state index is 0.0195. The Morgan fingerprint density at radius 2 is 2.00 bits per heavy atom. The smallest absolute Gasteiger partial charge is 0.0674 e. The summed E-state index contributed by atoms with van der Waals surface area (Å²) in [7, 11) is 0. The Kier molecular flexibility index (Phi) is 5.18. The van der Waals surface area contributed by atoms with Crippen LogP contribution in [0.25, 0.3) is 0 Å². The highest BCUT2D eigenvalue weighted by Crippen LogP contribution is 2.22. The van der Waals surface area contributed by atoms with E-state index in [9.17, 15) is 10.2 Å². The molecule has 0 aromatic carbocycles. The van der Waals surface area contributed by atoms with Gasteiger partial charge in [0.25, 0.3) is 0 Å². The molecule has 0 spiro atoms. The lowest BCUT2D eigenvalue weighted by molar-refractivity contribution is -0.0788. The van der Waals surface area contributed by atoms with Gasteiger partial charge in [-0.2, -0.15) is 0 Å². The summed E-state index contributed by atoms with van der Waals surface area (Å²) in [5, 5.41) is 18.6. The van der Waals surface area contributed by atoms with Crippen LogP contribution in [0.1, 0.15) is 27.2 Å². The third-order valence-corrected chi connectivity index (χ3v) is 3.40. The topological polar surface area (TPSA) is 52.9 Å². The van der Waals surface area contributed by atoms with E-state index in [0.29, 0.717) is 6.04 Å². The molecule has 0 bridgehead atoms. The van der Waals surface area contributed by atoms with Crippen LogP contribution >= 0.6 is 0 Å². The van der Waals surface area contributed by atoms with Crippen LogP contribution in [0.3, 0.4) is 0 Å². The molecular formula is C12H25NO3. The summed E-state index contributed by atoms with van der Waals surface area (Å²) in [6.45, 7) is 8.53. The first-order valence-corrected chi connectivity index (χ1v) is 6.12. The van der Waals surface area contributed by atoms with E-state index in [1.165, 1.54) is 0 Å². The van der Waals surface area contributed by atoms with Gasteiger partial charge in [-0.1, -0.05) is 13.8 Å². The highest BCUT2D eigenvalue weighted by atomic mass is 16.5. The molecule has 2 atom stereocenters. The van der Waals surface area contributed by atoms with Crippen LogP contribution in [0.15, 0.2) is 0 Å². The number of nitrogens with zero attached hydrogens (tertiary/aromatic N) is 1. The summed E-state index contributed by atoms with van der Waals surface area (Å²) < 4.78 is 5.63. The van der Waals surface area contributed by atoms with Gasteiger partial charge in [0.1, 0.15) is 0 Å². The Balaban J connectivity index is 2.61. The van der Waals surface area contributed by atoms with Crippen LogP contribution in [-0.4, -0.2) is 60.2 Å². The van der Waals surface area contributed by atoms with Gasteiger partial charge in [-0.15, -0.1) is 0 Å². The number of rotatable bonds is 5. The summed E-state index contributed by atoms with van der Waals surface area (Å²) in [4.78, 5) is 2.33. The molecule has 4 nitrogen and oxygen atoms in total. The van der Waals surface area contributed by atoms with Crippen molar-refractivity contribution in [2.24, 2.45) is 5.41 Å². The van der Waals surface area contributed by atoms with Crippen LogP contribution in [-0.2, 0) is 4.74 Å². The SMILES string of the molecule is CCC1COC(C)CN1CC(C)(CO)CO. The summed E-state index contributed by atoms with van der Waals surface area (Å²) >= 11 is 0. The zero-order valence-electron chi connectivity index (χ0n) is 10.6. The molecule has 4 heteroatoms. The standard InChI is InChI=1S/C12H25NO3/c1-4-11-6-16-10(2)5-13(11)7-12(3,8-14)9-15/h10-11,14-15H,4-9H2,1-3H3. The lowest BCUT2D eigenvalue weighted by atomic mass is 9.91. The van der Waals surface area contributed by atoms with E-state index >= 15 is 0 Å². The average molecular weight is 231 g/mol. The third kappa shape index (κ3) is 3.42. The van der Waals surface area contributed by atoms with E-state index < -0.39 is 5.41 Å². The summed E-state index contributed by atoms with van der Waals surface area (Å²) in [5.74, 6) is 0. The molecule has 0 aliphatic carbocycles. The van der Waals surface area contributed by atoms with Crippen LogP contribution < -0.4 is 0 Å². The van der Waals surface area contributed by atoms with E-state index in [2.05, 4.69) is 18.7 Å². The van der Waals surface area contributed by atoms with Gasteiger partial charge in [0.2, 0.25) is 0 Å². The van der Waals surface area contributed by atoms with Crippen molar-refractivity contribution < 1.29 is 14.9 Å². The Bertz CT molecular complexity index is 206. The number of ether oxygens (including phenoxy) is 1. The molecule has 1 saturated heterocycles. The van der Waals surface area contributed by atoms with Crippen molar-refractivity contribution in [3.8, 4) is 0 Å². The van der Waals surface area contributed by atoms with Crippen molar-refractivity contribution in [2.45, 2.75) is 39.3 Å². The van der Waals surface area contributed by atoms with Crippen LogP contribution in [0, 0.1) is 5.41 Å². The van der Waals surface area contributed by atoms with E-state index in [0.717, 1.165) is 26.1 Å². The largest absolute Gasteiger partial charge is 0.396 e. The maximum atomic E-state index is 9.32. The van der Waals surface area contributed by atoms with Crippen molar-refractivity contribution >= 4 is 0 Å². The quantitative estimate of drug-likeness (QED) is 0.722. The van der Waals surface area contributed by atoms with Gasteiger partial charge in [-0.25, -0.2) is 0 Å². The number of aliphatic hydroxyl groups is 2. The first-order valence-electron chi connectivity index (χ1n) is 6.12. The van der Waals surface area contributed by atoms with E-state index in [1.54, 1.807) is 0 Å². The second-order valence-electron chi connectivity index (χ2n) is 5.26. The van der Waals surface area contributed by atoms with Crippen LogP contribution in [0.4, 0.5) is 0 Å². The molecule has 1 rings (SSSR count). The van der Waals surface area contributed by atoms with Crippen molar-refractivity contribution in [1.29, 1.82) is 0 Å². The van der Waals surface area contributed by atoms with Crippen molar-refractivity contribution in [3.63, 3.8) is 0 Å². The Morgan fingerprint density at radius 3 is 2.50 bits per heavy atom. The number of morpholine rings is 1. The highest BCUT2D eigenvalue weighted by molar-refractivity contribution is 4.84. The molecule has 1 heterocycles. The van der Waals surface area contributed by atoms with Gasteiger partial charge in [0.15, 0.2) is 0 Å². The molecule has 96 valence electrons. The Labute approximate surface area is 98.2 Å². The lowest BCUT2D eigenvalue weighted by Crippen LogP contribution is -2.53. The van der Waals surface area contributed by atoms with Gasteiger partial charge in [0, 0.05) is 24.5 Å². The van der Waals surface area contributed by atoms with Crippen molar-refractivity contribution in [3.05, 3.63) is 0 Å². The normalized spacial score (nSPS) is 28.3. The molecule has 1 aliphatic heterocycles. The van der Waals surface area contributed by atoms with Crippen molar-refractivity contribution in [1.82, 2.24) is 4.90 Å². The zero-order valence-corrected chi connectivity index (χ0v) is 10.6. The zero-order chi connectivity index (χ0) is 12.2. The van der Waals surface area contributed by atoms with Gasteiger partial charge >= 0.3 is 0 Å². The fraction of sp³-hybridized carbons (Fsp3) is 1.00. The molecule has 2 N–H and O–H groups in total. The van der Waals surface area contributed by atoms with Gasteiger partial charge in [0.05, 0.1) is 25.9 Å². The maximum Gasteiger partial charge on any atom is 0.0674 e. The minimum atomic E-state index is -0.412. The molecule has 16 heavy (non-hydrogen) atoms. The number of aliphatic hydroxyl groups excluding tert-OH is 2. The fourth-order valence-corrected chi connectivity index (χ4v) is 2.12. The van der Waals surface area contributed by atoms with Crippen LogP contribution in [0.2, 0.25) is 0 Å². The molecule has 0 saturated carbocycles. The lowest BCUT2D eigenvalue weighted by Gasteiger charge is -2.42. The first-order chi connectivity index (χ1) is 7.54. The molecule has 1 aliphatic rings. The molecule has 0 radical (unpaired) electrons. The van der Waals surface area contributed by atoms with E-state index in [-0.39, 0.29) is 19.3 Å². The maximum absolute atomic E-state index is 9.32. The first kappa shape index (κ1) is 13.9. The van der Waals surface area contributed by atoms with Gasteiger partial charge in [-0.3, -0.25) is 4.90 Å². The van der Waals surface area contributed by atoms with E-state index in [4.69, 9.17) is 4.74 Å².